The van der Waals surface area contributed by atoms with Gasteiger partial charge in [-0.15, -0.1) is 0 Å². The smallest absolute Gasteiger partial charge is 0.359 e. The zero-order chi connectivity index (χ0) is 12.4. The Hall–Kier alpha value is -0.620. The third-order valence-corrected chi connectivity index (χ3v) is 1.96. The highest BCUT2D eigenvalue weighted by Crippen LogP contribution is 2.19. The monoisotopic (exact) mass is 242 g/mol. The summed E-state index contributed by atoms with van der Waals surface area (Å²) in [5, 5.41) is 0. The molecule has 96 valence electrons. The van der Waals surface area contributed by atoms with E-state index in [9.17, 15) is 18.0 Å². The van der Waals surface area contributed by atoms with Crippen LogP contribution in [0.3, 0.4) is 0 Å². The minimum absolute atomic E-state index is 0.229. The van der Waals surface area contributed by atoms with Crippen molar-refractivity contribution in [3.63, 3.8) is 0 Å². The van der Waals surface area contributed by atoms with Crippen LogP contribution in [0.5, 0.6) is 0 Å². The lowest BCUT2D eigenvalue weighted by atomic mass is 10.1. The third-order valence-electron chi connectivity index (χ3n) is 1.96. The Bertz CT molecular complexity index is 192. The van der Waals surface area contributed by atoms with Crippen LogP contribution in [0.4, 0.5) is 13.2 Å². The van der Waals surface area contributed by atoms with E-state index in [0.29, 0.717) is 13.0 Å². The van der Waals surface area contributed by atoms with Crippen LogP contribution < -0.4 is 0 Å². The van der Waals surface area contributed by atoms with Crippen molar-refractivity contribution < 1.29 is 27.4 Å². The molecule has 0 aromatic heterocycles. The average molecular weight is 242 g/mol. The van der Waals surface area contributed by atoms with Gasteiger partial charge in [-0.3, -0.25) is 4.79 Å². The van der Waals surface area contributed by atoms with Crippen LogP contribution in [0.25, 0.3) is 0 Å². The fourth-order valence-electron chi connectivity index (χ4n) is 1.13. The van der Waals surface area contributed by atoms with Crippen molar-refractivity contribution in [1.82, 2.24) is 0 Å². The second-order valence-electron chi connectivity index (χ2n) is 3.40. The quantitative estimate of drug-likeness (QED) is 0.460. The number of rotatable bonds is 9. The number of carbonyl (C=O) groups is 1. The lowest BCUT2D eigenvalue weighted by Gasteiger charge is -2.05. The number of alkyl halides is 3. The predicted molar refractivity (Wildman–Crippen MR) is 52.0 cm³/mol. The SMILES string of the molecule is COCOCCCCCCC(=O)C(F)(F)F. The summed E-state index contributed by atoms with van der Waals surface area (Å²) >= 11 is 0. The molecule has 0 radical (unpaired) electrons. The van der Waals surface area contributed by atoms with E-state index in [1.807, 2.05) is 0 Å². The Morgan fingerprint density at radius 2 is 1.75 bits per heavy atom. The first-order chi connectivity index (χ1) is 7.48. The molecule has 3 nitrogen and oxygen atoms in total. The zero-order valence-electron chi connectivity index (χ0n) is 9.31. The van der Waals surface area contributed by atoms with Crippen LogP contribution in [0.2, 0.25) is 0 Å². The minimum atomic E-state index is -4.68. The van der Waals surface area contributed by atoms with Crippen LogP contribution in [0, 0.1) is 0 Å². The average Bonchev–Trinajstić information content (AvgIpc) is 2.20. The molecule has 0 saturated heterocycles. The van der Waals surface area contributed by atoms with Crippen LogP contribution >= 0.6 is 0 Å². The lowest BCUT2D eigenvalue weighted by molar-refractivity contribution is -0.171. The predicted octanol–water partition coefficient (Wildman–Crippen LogP) is 2.69. The molecule has 0 aliphatic heterocycles. The lowest BCUT2D eigenvalue weighted by Crippen LogP contribution is -2.22. The summed E-state index contributed by atoms with van der Waals surface area (Å²) in [6.07, 6.45) is -2.68. The molecule has 0 saturated carbocycles. The standard InChI is InChI=1S/C10H17F3O3/c1-15-8-16-7-5-3-2-4-6-9(14)10(11,12)13/h2-8H2,1H3. The zero-order valence-corrected chi connectivity index (χ0v) is 9.31. The number of methoxy groups -OCH3 is 1. The molecular formula is C10H17F3O3. The molecule has 0 atom stereocenters. The normalized spacial score (nSPS) is 11.8. The summed E-state index contributed by atoms with van der Waals surface area (Å²) in [4.78, 5) is 10.5. The van der Waals surface area contributed by atoms with Crippen molar-refractivity contribution >= 4 is 5.78 Å². The maximum atomic E-state index is 11.8. The molecule has 0 aromatic rings. The van der Waals surface area contributed by atoms with Crippen LogP contribution in [-0.2, 0) is 14.3 Å². The summed E-state index contributed by atoms with van der Waals surface area (Å²) in [7, 11) is 1.52. The topological polar surface area (TPSA) is 35.5 Å². The number of hydrogen-bond acceptors (Lipinski definition) is 3. The van der Waals surface area contributed by atoms with Gasteiger partial charge in [0.1, 0.15) is 6.79 Å². The molecule has 0 spiro atoms. The minimum Gasteiger partial charge on any atom is -0.359 e. The van der Waals surface area contributed by atoms with Gasteiger partial charge in [0.2, 0.25) is 5.78 Å². The van der Waals surface area contributed by atoms with Crippen molar-refractivity contribution in [2.45, 2.75) is 38.3 Å². The number of ketones is 1. The Morgan fingerprint density at radius 3 is 2.31 bits per heavy atom. The molecule has 16 heavy (non-hydrogen) atoms. The molecule has 0 aliphatic rings. The van der Waals surface area contributed by atoms with Crippen molar-refractivity contribution in [1.29, 1.82) is 0 Å². The van der Waals surface area contributed by atoms with E-state index in [2.05, 4.69) is 4.74 Å². The summed E-state index contributed by atoms with van der Waals surface area (Å²) in [6, 6.07) is 0. The van der Waals surface area contributed by atoms with Gasteiger partial charge in [0.25, 0.3) is 0 Å². The summed E-state index contributed by atoms with van der Waals surface area (Å²) in [5.74, 6) is -1.64. The fourth-order valence-corrected chi connectivity index (χ4v) is 1.13. The van der Waals surface area contributed by atoms with Crippen molar-refractivity contribution in [2.75, 3.05) is 20.5 Å². The van der Waals surface area contributed by atoms with Crippen LogP contribution in [0.15, 0.2) is 0 Å². The Balaban J connectivity index is 3.25. The maximum Gasteiger partial charge on any atom is 0.449 e. The first kappa shape index (κ1) is 15.4. The molecule has 0 heterocycles. The summed E-state index contributed by atoms with van der Waals surface area (Å²) in [6.45, 7) is 0.758. The Labute approximate surface area is 92.9 Å². The van der Waals surface area contributed by atoms with E-state index < -0.39 is 18.4 Å². The third kappa shape index (κ3) is 8.67. The molecular weight excluding hydrogens is 225 g/mol. The summed E-state index contributed by atoms with van der Waals surface area (Å²) < 4.78 is 45.0. The molecule has 0 amide bonds. The summed E-state index contributed by atoms with van der Waals surface area (Å²) in [5.41, 5.74) is 0. The van der Waals surface area contributed by atoms with Gasteiger partial charge in [-0.25, -0.2) is 0 Å². The maximum absolute atomic E-state index is 11.8. The van der Waals surface area contributed by atoms with Crippen LogP contribution in [-0.4, -0.2) is 32.5 Å². The van der Waals surface area contributed by atoms with Gasteiger partial charge in [-0.2, -0.15) is 13.2 Å². The molecule has 0 aliphatic carbocycles. The largest absolute Gasteiger partial charge is 0.449 e. The second kappa shape index (κ2) is 8.52. The van der Waals surface area contributed by atoms with Crippen LogP contribution in [0.1, 0.15) is 32.1 Å². The van der Waals surface area contributed by atoms with E-state index in [1.54, 1.807) is 0 Å². The van der Waals surface area contributed by atoms with Gasteiger partial charge in [0.15, 0.2) is 0 Å². The van der Waals surface area contributed by atoms with Gasteiger partial charge < -0.3 is 9.47 Å². The van der Waals surface area contributed by atoms with Crippen molar-refractivity contribution in [3.8, 4) is 0 Å². The van der Waals surface area contributed by atoms with E-state index in [-0.39, 0.29) is 13.2 Å². The molecule has 0 fully saturated rings. The van der Waals surface area contributed by atoms with Gasteiger partial charge in [-0.05, 0) is 12.8 Å². The first-order valence-electron chi connectivity index (χ1n) is 5.15. The van der Waals surface area contributed by atoms with Gasteiger partial charge in [0.05, 0.1) is 0 Å². The van der Waals surface area contributed by atoms with E-state index >= 15 is 0 Å². The van der Waals surface area contributed by atoms with E-state index in [4.69, 9.17) is 4.74 Å². The molecule has 0 unspecified atom stereocenters. The molecule has 0 N–H and O–H groups in total. The highest BCUT2D eigenvalue weighted by molar-refractivity contribution is 5.83. The number of hydrogen-bond donors (Lipinski definition) is 0. The van der Waals surface area contributed by atoms with Gasteiger partial charge in [-0.1, -0.05) is 12.8 Å². The first-order valence-corrected chi connectivity index (χ1v) is 5.15. The molecule has 0 bridgehead atoms. The number of ether oxygens (including phenoxy) is 2. The fraction of sp³-hybridized carbons (Fsp3) is 0.900. The Morgan fingerprint density at radius 1 is 1.12 bits per heavy atom. The van der Waals surface area contributed by atoms with Crippen molar-refractivity contribution in [3.05, 3.63) is 0 Å². The number of carbonyl (C=O) groups excluding carboxylic acids is 1. The van der Waals surface area contributed by atoms with Crippen molar-refractivity contribution in [2.24, 2.45) is 0 Å². The Kier molecular flexibility index (Phi) is 8.19. The molecule has 6 heteroatoms. The molecule has 0 rings (SSSR count). The number of Topliss-reactive ketones (excluding diaryl/α,β-unsaturated/α-hetero) is 1. The second-order valence-corrected chi connectivity index (χ2v) is 3.40. The number of halogens is 3. The van der Waals surface area contributed by atoms with Gasteiger partial charge >= 0.3 is 6.18 Å². The number of unbranched alkanes of at least 4 members (excludes halogenated alkanes) is 3. The van der Waals surface area contributed by atoms with E-state index in [1.165, 1.54) is 7.11 Å². The highest BCUT2D eigenvalue weighted by atomic mass is 19.4. The van der Waals surface area contributed by atoms with Gasteiger partial charge in [0, 0.05) is 20.1 Å². The van der Waals surface area contributed by atoms with E-state index in [0.717, 1.165) is 12.8 Å². The molecule has 0 aromatic carbocycles. The highest BCUT2D eigenvalue weighted by Gasteiger charge is 2.36.